The summed E-state index contributed by atoms with van der Waals surface area (Å²) < 4.78 is 5.28. The molecule has 1 fully saturated rings. The van der Waals surface area contributed by atoms with Crippen LogP contribution in [0.3, 0.4) is 0 Å². The van der Waals surface area contributed by atoms with Crippen LogP contribution in [0.2, 0.25) is 0 Å². The van der Waals surface area contributed by atoms with Crippen LogP contribution in [0, 0.1) is 0 Å². The fourth-order valence-corrected chi connectivity index (χ4v) is 3.02. The van der Waals surface area contributed by atoms with Gasteiger partial charge in [0, 0.05) is 24.5 Å². The minimum atomic E-state index is -0.852. The third-order valence-electron chi connectivity index (χ3n) is 4.64. The van der Waals surface area contributed by atoms with Crippen molar-refractivity contribution in [2.45, 2.75) is 18.4 Å². The van der Waals surface area contributed by atoms with E-state index in [0.717, 1.165) is 28.1 Å². The summed E-state index contributed by atoms with van der Waals surface area (Å²) in [6.45, 7) is 1.05. The van der Waals surface area contributed by atoms with Crippen molar-refractivity contribution in [2.75, 3.05) is 18.5 Å². The van der Waals surface area contributed by atoms with E-state index in [-0.39, 0.29) is 30.7 Å². The van der Waals surface area contributed by atoms with Gasteiger partial charge in [0.15, 0.2) is 0 Å². The zero-order valence-corrected chi connectivity index (χ0v) is 16.2. The summed E-state index contributed by atoms with van der Waals surface area (Å²) in [5.74, 6) is 0.645. The number of imidazole rings is 1. The molecule has 0 aliphatic carbocycles. The second-order valence-electron chi connectivity index (χ2n) is 6.40. The standard InChI is InChI=1S/C19H20N4O2.2ClH/c20-19(9-11-25-12-10-19)18(24)21-14-7-5-13(6-8-14)17-22-15-3-1-2-4-16(15)23-17;;/h1-8H,9-12,20H2,(H,21,24)(H,22,23);2*1H. The molecule has 0 radical (unpaired) electrons. The van der Waals surface area contributed by atoms with Crippen molar-refractivity contribution in [1.82, 2.24) is 9.97 Å². The predicted molar refractivity (Wildman–Crippen MR) is 112 cm³/mol. The van der Waals surface area contributed by atoms with Crippen molar-refractivity contribution in [3.63, 3.8) is 0 Å². The number of nitrogens with one attached hydrogen (secondary N) is 2. The highest BCUT2D eigenvalue weighted by Crippen LogP contribution is 2.24. The largest absolute Gasteiger partial charge is 0.381 e. The van der Waals surface area contributed by atoms with E-state index >= 15 is 0 Å². The number of nitrogens with two attached hydrogens (primary N) is 1. The third kappa shape index (κ3) is 4.42. The first-order valence-corrected chi connectivity index (χ1v) is 8.37. The van der Waals surface area contributed by atoms with Crippen molar-refractivity contribution >= 4 is 47.4 Å². The molecule has 27 heavy (non-hydrogen) atoms. The number of amides is 1. The Morgan fingerprint density at radius 3 is 2.41 bits per heavy atom. The molecule has 2 heterocycles. The number of aromatic amines is 1. The van der Waals surface area contributed by atoms with Crippen LogP contribution in [0.25, 0.3) is 22.4 Å². The minimum absolute atomic E-state index is 0. The van der Waals surface area contributed by atoms with Crippen LogP contribution >= 0.6 is 24.8 Å². The molecule has 0 bridgehead atoms. The van der Waals surface area contributed by atoms with Gasteiger partial charge < -0.3 is 20.8 Å². The minimum Gasteiger partial charge on any atom is -0.381 e. The highest BCUT2D eigenvalue weighted by atomic mass is 35.5. The average molecular weight is 409 g/mol. The van der Waals surface area contributed by atoms with Gasteiger partial charge in [-0.2, -0.15) is 0 Å². The number of H-pyrrole nitrogens is 1. The Bertz CT molecular complexity index is 872. The average Bonchev–Trinajstić information content (AvgIpc) is 3.07. The molecule has 6 nitrogen and oxygen atoms in total. The van der Waals surface area contributed by atoms with Gasteiger partial charge in [-0.15, -0.1) is 24.8 Å². The number of carbonyl (C=O) groups excluding carboxylic acids is 1. The Balaban J connectivity index is 0.00000131. The third-order valence-corrected chi connectivity index (χ3v) is 4.64. The van der Waals surface area contributed by atoms with Gasteiger partial charge in [0.2, 0.25) is 5.91 Å². The highest BCUT2D eigenvalue weighted by molar-refractivity contribution is 5.98. The van der Waals surface area contributed by atoms with Gasteiger partial charge in [-0.25, -0.2) is 4.98 Å². The van der Waals surface area contributed by atoms with Gasteiger partial charge in [0.1, 0.15) is 11.4 Å². The maximum Gasteiger partial charge on any atom is 0.244 e. The van der Waals surface area contributed by atoms with Crippen LogP contribution < -0.4 is 11.1 Å². The molecular weight excluding hydrogens is 387 g/mol. The lowest BCUT2D eigenvalue weighted by Crippen LogP contribution is -2.54. The number of fused-ring (bicyclic) bond motifs is 1. The predicted octanol–water partition coefficient (Wildman–Crippen LogP) is 3.52. The normalized spacial score (nSPS) is 15.4. The lowest BCUT2D eigenvalue weighted by molar-refractivity contribution is -0.124. The molecule has 0 spiro atoms. The Kier molecular flexibility index (Phi) is 6.84. The lowest BCUT2D eigenvalue weighted by atomic mass is 9.90. The summed E-state index contributed by atoms with van der Waals surface area (Å²) in [5.41, 5.74) is 8.97. The summed E-state index contributed by atoms with van der Waals surface area (Å²) >= 11 is 0. The van der Waals surface area contributed by atoms with E-state index < -0.39 is 5.54 Å². The maximum atomic E-state index is 12.5. The van der Waals surface area contributed by atoms with E-state index in [9.17, 15) is 4.79 Å². The Morgan fingerprint density at radius 1 is 1.07 bits per heavy atom. The number of aromatic nitrogens is 2. The number of anilines is 1. The number of nitrogens with zero attached hydrogens (tertiary/aromatic N) is 1. The van der Waals surface area contributed by atoms with Crippen LogP contribution in [-0.4, -0.2) is 34.6 Å². The lowest BCUT2D eigenvalue weighted by Gasteiger charge is -2.31. The first-order chi connectivity index (χ1) is 12.1. The summed E-state index contributed by atoms with van der Waals surface area (Å²) in [6.07, 6.45) is 1.08. The SMILES string of the molecule is Cl.Cl.NC1(C(=O)Nc2ccc(-c3nc4ccccc4[nH]3)cc2)CCOCC1. The number of rotatable bonds is 3. The van der Waals surface area contributed by atoms with Gasteiger partial charge in [-0.3, -0.25) is 4.79 Å². The molecular formula is C19H22Cl2N4O2. The molecule has 0 atom stereocenters. The number of carbonyl (C=O) groups is 1. The Hall–Kier alpha value is -2.12. The molecule has 1 amide bonds. The molecule has 4 rings (SSSR count). The van der Waals surface area contributed by atoms with Gasteiger partial charge in [-0.1, -0.05) is 12.1 Å². The topological polar surface area (TPSA) is 93.0 Å². The van der Waals surface area contributed by atoms with Gasteiger partial charge in [-0.05, 0) is 49.2 Å². The van der Waals surface area contributed by atoms with E-state index in [1.807, 2.05) is 48.5 Å². The zero-order valence-electron chi connectivity index (χ0n) is 14.6. The summed E-state index contributed by atoms with van der Waals surface area (Å²) in [6, 6.07) is 15.5. The number of benzene rings is 2. The summed E-state index contributed by atoms with van der Waals surface area (Å²) in [4.78, 5) is 20.3. The fraction of sp³-hybridized carbons (Fsp3) is 0.263. The molecule has 1 aliphatic heterocycles. The number of halogens is 2. The molecule has 1 aromatic heterocycles. The van der Waals surface area contributed by atoms with E-state index in [0.29, 0.717) is 26.1 Å². The van der Waals surface area contributed by atoms with E-state index in [4.69, 9.17) is 10.5 Å². The Morgan fingerprint density at radius 2 is 1.74 bits per heavy atom. The first kappa shape index (κ1) is 21.2. The van der Waals surface area contributed by atoms with Crippen LogP contribution in [-0.2, 0) is 9.53 Å². The molecule has 4 N–H and O–H groups in total. The van der Waals surface area contributed by atoms with Crippen molar-refractivity contribution in [3.8, 4) is 11.4 Å². The number of hydrogen-bond acceptors (Lipinski definition) is 4. The second-order valence-corrected chi connectivity index (χ2v) is 6.40. The van der Waals surface area contributed by atoms with Crippen molar-refractivity contribution < 1.29 is 9.53 Å². The quantitative estimate of drug-likeness (QED) is 0.617. The molecule has 8 heteroatoms. The van der Waals surface area contributed by atoms with Crippen LogP contribution in [0.5, 0.6) is 0 Å². The van der Waals surface area contributed by atoms with E-state index in [1.165, 1.54) is 0 Å². The molecule has 2 aromatic carbocycles. The van der Waals surface area contributed by atoms with Gasteiger partial charge >= 0.3 is 0 Å². The molecule has 144 valence electrons. The number of para-hydroxylation sites is 2. The van der Waals surface area contributed by atoms with E-state index in [1.54, 1.807) is 0 Å². The van der Waals surface area contributed by atoms with Crippen LogP contribution in [0.15, 0.2) is 48.5 Å². The summed E-state index contributed by atoms with van der Waals surface area (Å²) in [7, 11) is 0. The molecule has 1 saturated heterocycles. The van der Waals surface area contributed by atoms with Crippen LogP contribution in [0.1, 0.15) is 12.8 Å². The van der Waals surface area contributed by atoms with Gasteiger partial charge in [0.05, 0.1) is 11.0 Å². The second kappa shape index (κ2) is 8.71. The van der Waals surface area contributed by atoms with Crippen LogP contribution in [0.4, 0.5) is 5.69 Å². The summed E-state index contributed by atoms with van der Waals surface area (Å²) in [5, 5.41) is 2.91. The first-order valence-electron chi connectivity index (χ1n) is 8.37. The zero-order chi connectivity index (χ0) is 17.3. The van der Waals surface area contributed by atoms with E-state index in [2.05, 4.69) is 15.3 Å². The maximum absolute atomic E-state index is 12.5. The van der Waals surface area contributed by atoms with Crippen molar-refractivity contribution in [2.24, 2.45) is 5.73 Å². The molecule has 3 aromatic rings. The smallest absolute Gasteiger partial charge is 0.244 e. The number of hydrogen-bond donors (Lipinski definition) is 3. The fourth-order valence-electron chi connectivity index (χ4n) is 3.02. The Labute approximate surface area is 169 Å². The molecule has 1 aliphatic rings. The molecule has 0 unspecified atom stereocenters. The van der Waals surface area contributed by atoms with Gasteiger partial charge in [0.25, 0.3) is 0 Å². The highest BCUT2D eigenvalue weighted by Gasteiger charge is 2.35. The van der Waals surface area contributed by atoms with Crippen molar-refractivity contribution in [1.29, 1.82) is 0 Å². The number of ether oxygens (including phenoxy) is 1. The monoisotopic (exact) mass is 408 g/mol. The van der Waals surface area contributed by atoms with Crippen molar-refractivity contribution in [3.05, 3.63) is 48.5 Å². The molecule has 0 saturated carbocycles.